The van der Waals surface area contributed by atoms with E-state index < -0.39 is 0 Å². The quantitative estimate of drug-likeness (QED) is 0.319. The summed E-state index contributed by atoms with van der Waals surface area (Å²) in [5.41, 5.74) is 8.16. The summed E-state index contributed by atoms with van der Waals surface area (Å²) in [5, 5.41) is 10.4. The number of hydrogen-bond donors (Lipinski definition) is 1. The molecule has 0 bridgehead atoms. The van der Waals surface area contributed by atoms with Crippen LogP contribution in [0.2, 0.25) is 5.15 Å². The maximum Gasteiger partial charge on any atom is 0.250 e. The van der Waals surface area contributed by atoms with E-state index in [4.69, 9.17) is 11.6 Å². The van der Waals surface area contributed by atoms with E-state index in [1.807, 2.05) is 42.6 Å². The number of nitrogens with one attached hydrogen (secondary N) is 1. The zero-order valence-electron chi connectivity index (χ0n) is 19.0. The third-order valence-corrected chi connectivity index (χ3v) is 6.51. The number of aromatic nitrogens is 3. The lowest BCUT2D eigenvalue weighted by molar-refractivity contribution is -0.111. The van der Waals surface area contributed by atoms with Crippen LogP contribution in [0.4, 0.5) is 5.13 Å². The minimum Gasteiger partial charge on any atom is -0.298 e. The number of hydrogen-bond acceptors (Lipinski definition) is 4. The van der Waals surface area contributed by atoms with Crippen molar-refractivity contribution in [2.24, 2.45) is 0 Å². The summed E-state index contributed by atoms with van der Waals surface area (Å²) in [5.74, 6) is -0.264. The zero-order valence-corrected chi connectivity index (χ0v) is 20.6. The van der Waals surface area contributed by atoms with Gasteiger partial charge in [-0.15, -0.1) is 11.3 Å². The molecule has 0 saturated heterocycles. The Hall–Kier alpha value is -3.22. The third kappa shape index (κ3) is 5.24. The predicted molar refractivity (Wildman–Crippen MR) is 137 cm³/mol. The van der Waals surface area contributed by atoms with E-state index >= 15 is 0 Å². The highest BCUT2D eigenvalue weighted by molar-refractivity contribution is 7.14. The molecule has 0 radical (unpaired) electrons. The van der Waals surface area contributed by atoms with Crippen molar-refractivity contribution in [3.63, 3.8) is 0 Å². The molecule has 1 amide bonds. The molecule has 2 aromatic heterocycles. The lowest BCUT2D eigenvalue weighted by Gasteiger charge is -2.08. The van der Waals surface area contributed by atoms with Gasteiger partial charge in [0.2, 0.25) is 5.91 Å². The highest BCUT2D eigenvalue weighted by Crippen LogP contribution is 2.31. The highest BCUT2D eigenvalue weighted by Gasteiger charge is 2.14. The van der Waals surface area contributed by atoms with Crippen molar-refractivity contribution in [1.29, 1.82) is 0 Å². The smallest absolute Gasteiger partial charge is 0.250 e. The van der Waals surface area contributed by atoms with Gasteiger partial charge in [0.25, 0.3) is 0 Å². The molecule has 0 atom stereocenters. The molecule has 168 valence electrons. The molecular formula is C26H25ClN4OS. The van der Waals surface area contributed by atoms with Crippen molar-refractivity contribution in [1.82, 2.24) is 14.8 Å². The van der Waals surface area contributed by atoms with Crippen LogP contribution in [0.3, 0.4) is 0 Å². The maximum atomic E-state index is 12.5. The van der Waals surface area contributed by atoms with Gasteiger partial charge in [0, 0.05) is 22.6 Å². The van der Waals surface area contributed by atoms with Gasteiger partial charge >= 0.3 is 0 Å². The minimum atomic E-state index is -0.264. The summed E-state index contributed by atoms with van der Waals surface area (Å²) in [4.78, 5) is 17.2. The van der Waals surface area contributed by atoms with E-state index in [2.05, 4.69) is 48.3 Å². The largest absolute Gasteiger partial charge is 0.298 e. The highest BCUT2D eigenvalue weighted by atomic mass is 35.5. The fraction of sp³-hybridized carbons (Fsp3) is 0.192. The van der Waals surface area contributed by atoms with Gasteiger partial charge in [-0.05, 0) is 50.5 Å². The van der Waals surface area contributed by atoms with E-state index in [0.717, 1.165) is 28.1 Å². The minimum absolute atomic E-state index is 0.264. The molecule has 0 saturated carbocycles. The standard InChI is InChI=1S/C26H25ClN4OS/c1-16-12-17(2)24(18(3)13-16)22-15-33-26(28-22)29-23(32)11-10-21-19(4)30-31(25(21)27)14-20-8-6-5-7-9-20/h5-13,15H,14H2,1-4H3,(H,28,29,32)/b11-10+. The number of thiazole rings is 1. The molecule has 33 heavy (non-hydrogen) atoms. The van der Waals surface area contributed by atoms with E-state index in [9.17, 15) is 4.79 Å². The number of amides is 1. The lowest BCUT2D eigenvalue weighted by Crippen LogP contribution is -2.07. The van der Waals surface area contributed by atoms with Gasteiger partial charge in [0.1, 0.15) is 5.15 Å². The molecule has 0 unspecified atom stereocenters. The van der Waals surface area contributed by atoms with Gasteiger partial charge in [0.15, 0.2) is 5.13 Å². The average molecular weight is 477 g/mol. The molecule has 0 aliphatic rings. The van der Waals surface area contributed by atoms with Crippen LogP contribution in [-0.2, 0) is 11.3 Å². The number of aryl methyl sites for hydroxylation is 4. The zero-order chi connectivity index (χ0) is 23.5. The second kappa shape index (κ2) is 9.73. The molecule has 5 nitrogen and oxygen atoms in total. The molecule has 0 aliphatic carbocycles. The first-order chi connectivity index (χ1) is 15.8. The number of carbonyl (C=O) groups is 1. The molecule has 0 fully saturated rings. The molecule has 4 rings (SSSR count). The van der Waals surface area contributed by atoms with Crippen molar-refractivity contribution in [3.05, 3.63) is 92.6 Å². The summed E-state index contributed by atoms with van der Waals surface area (Å²) in [6, 6.07) is 14.3. The van der Waals surface area contributed by atoms with Gasteiger partial charge in [-0.2, -0.15) is 5.10 Å². The molecule has 4 aromatic rings. The Balaban J connectivity index is 1.46. The number of halogens is 1. The molecule has 2 aromatic carbocycles. The fourth-order valence-corrected chi connectivity index (χ4v) is 4.96. The second-order valence-electron chi connectivity index (χ2n) is 8.07. The summed E-state index contributed by atoms with van der Waals surface area (Å²) >= 11 is 7.95. The Morgan fingerprint density at radius 2 is 1.82 bits per heavy atom. The van der Waals surface area contributed by atoms with E-state index in [0.29, 0.717) is 16.8 Å². The van der Waals surface area contributed by atoms with Crippen molar-refractivity contribution in [3.8, 4) is 11.3 Å². The molecule has 0 spiro atoms. The summed E-state index contributed by atoms with van der Waals surface area (Å²) < 4.78 is 1.74. The SMILES string of the molecule is Cc1cc(C)c(-c2csc(NC(=O)/C=C/c3c(C)nn(Cc4ccccc4)c3Cl)n2)c(C)c1. The molecule has 0 aliphatic heterocycles. The fourth-order valence-electron chi connectivity index (χ4n) is 3.95. The number of anilines is 1. The maximum absolute atomic E-state index is 12.5. The number of nitrogens with zero attached hydrogens (tertiary/aromatic N) is 3. The Kier molecular flexibility index (Phi) is 6.77. The van der Waals surface area contributed by atoms with Crippen LogP contribution in [0.5, 0.6) is 0 Å². The number of benzene rings is 2. The van der Waals surface area contributed by atoms with E-state index in [1.54, 1.807) is 10.8 Å². The molecule has 2 heterocycles. The van der Waals surface area contributed by atoms with Gasteiger partial charge < -0.3 is 0 Å². The third-order valence-electron chi connectivity index (χ3n) is 5.35. The van der Waals surface area contributed by atoms with Crippen LogP contribution in [0.1, 0.15) is 33.5 Å². The van der Waals surface area contributed by atoms with Crippen molar-refractivity contribution in [2.75, 3.05) is 5.32 Å². The Bertz CT molecular complexity index is 1310. The van der Waals surface area contributed by atoms with Crippen molar-refractivity contribution >= 4 is 40.1 Å². The Labute approximate surface area is 202 Å². The molecular weight excluding hydrogens is 452 g/mol. The first-order valence-corrected chi connectivity index (χ1v) is 11.9. The first-order valence-electron chi connectivity index (χ1n) is 10.6. The number of carbonyl (C=O) groups excluding carboxylic acids is 1. The molecule has 7 heteroatoms. The van der Waals surface area contributed by atoms with Crippen LogP contribution in [0, 0.1) is 27.7 Å². The van der Waals surface area contributed by atoms with Crippen molar-refractivity contribution in [2.45, 2.75) is 34.2 Å². The summed E-state index contributed by atoms with van der Waals surface area (Å²) in [7, 11) is 0. The summed E-state index contributed by atoms with van der Waals surface area (Å²) in [6.45, 7) is 8.70. The van der Waals surface area contributed by atoms with Gasteiger partial charge in [0.05, 0.1) is 17.9 Å². The van der Waals surface area contributed by atoms with Crippen LogP contribution in [0.25, 0.3) is 17.3 Å². The van der Waals surface area contributed by atoms with E-state index in [-0.39, 0.29) is 5.91 Å². The monoisotopic (exact) mass is 476 g/mol. The number of rotatable bonds is 6. The second-order valence-corrected chi connectivity index (χ2v) is 9.28. The van der Waals surface area contributed by atoms with Gasteiger partial charge in [-0.1, -0.05) is 59.6 Å². The van der Waals surface area contributed by atoms with Crippen LogP contribution in [0.15, 0.2) is 53.9 Å². The van der Waals surface area contributed by atoms with Crippen molar-refractivity contribution < 1.29 is 4.79 Å². The Morgan fingerprint density at radius 3 is 2.52 bits per heavy atom. The predicted octanol–water partition coefficient (Wildman–Crippen LogP) is 6.59. The van der Waals surface area contributed by atoms with Crippen LogP contribution in [-0.4, -0.2) is 20.7 Å². The average Bonchev–Trinajstić information content (AvgIpc) is 3.31. The normalized spacial score (nSPS) is 11.3. The topological polar surface area (TPSA) is 59.8 Å². The van der Waals surface area contributed by atoms with Crippen LogP contribution < -0.4 is 5.32 Å². The van der Waals surface area contributed by atoms with Crippen LogP contribution >= 0.6 is 22.9 Å². The molecule has 1 N–H and O–H groups in total. The lowest BCUT2D eigenvalue weighted by atomic mass is 9.98. The summed E-state index contributed by atoms with van der Waals surface area (Å²) in [6.07, 6.45) is 3.16. The van der Waals surface area contributed by atoms with Gasteiger partial charge in [-0.25, -0.2) is 9.67 Å². The van der Waals surface area contributed by atoms with E-state index in [1.165, 1.54) is 34.1 Å². The first kappa shape index (κ1) is 23.0. The Morgan fingerprint density at radius 1 is 1.12 bits per heavy atom. The van der Waals surface area contributed by atoms with Gasteiger partial charge in [-0.3, -0.25) is 10.1 Å².